The van der Waals surface area contributed by atoms with Gasteiger partial charge in [-0.3, -0.25) is 0 Å². The maximum Gasteiger partial charge on any atom is 0.119 e. The van der Waals surface area contributed by atoms with Gasteiger partial charge in [0.25, 0.3) is 0 Å². The van der Waals surface area contributed by atoms with Crippen molar-refractivity contribution in [2.24, 2.45) is 0 Å². The number of fused-ring (bicyclic) bond motifs is 1. The molecule has 104 valence electrons. The van der Waals surface area contributed by atoms with Gasteiger partial charge in [-0.15, -0.1) is 0 Å². The van der Waals surface area contributed by atoms with Crippen LogP contribution in [0, 0.1) is 0 Å². The Morgan fingerprint density at radius 1 is 1.42 bits per heavy atom. The summed E-state index contributed by atoms with van der Waals surface area (Å²) in [6.45, 7) is 4.51. The van der Waals surface area contributed by atoms with Crippen molar-refractivity contribution >= 4 is 0 Å². The van der Waals surface area contributed by atoms with Crippen LogP contribution in [-0.4, -0.2) is 25.9 Å². The highest BCUT2D eigenvalue weighted by molar-refractivity contribution is 5.35. The molecule has 1 saturated carbocycles. The molecular weight excluding hydrogens is 238 g/mol. The molecule has 1 aliphatic heterocycles. The van der Waals surface area contributed by atoms with Crippen LogP contribution in [0.5, 0.6) is 5.75 Å². The fourth-order valence-electron chi connectivity index (χ4n) is 3.51. The smallest absolute Gasteiger partial charge is 0.119 e. The zero-order valence-corrected chi connectivity index (χ0v) is 11.7. The Balaban J connectivity index is 1.94. The van der Waals surface area contributed by atoms with Gasteiger partial charge in [-0.2, -0.15) is 0 Å². The maximum absolute atomic E-state index is 6.04. The molecule has 1 aromatic carbocycles. The van der Waals surface area contributed by atoms with Crippen LogP contribution in [-0.2, 0) is 10.3 Å². The van der Waals surface area contributed by atoms with E-state index in [1.54, 1.807) is 0 Å². The second-order valence-electron chi connectivity index (χ2n) is 5.46. The van der Waals surface area contributed by atoms with Gasteiger partial charge < -0.3 is 14.8 Å². The summed E-state index contributed by atoms with van der Waals surface area (Å²) in [5, 5.41) is 3.74. The van der Waals surface area contributed by atoms with Crippen LogP contribution in [0.4, 0.5) is 0 Å². The minimum atomic E-state index is 0.00358. The Morgan fingerprint density at radius 2 is 2.37 bits per heavy atom. The van der Waals surface area contributed by atoms with E-state index in [0.29, 0.717) is 12.7 Å². The summed E-state index contributed by atoms with van der Waals surface area (Å²) in [5.74, 6) is 0.964. The van der Waals surface area contributed by atoms with Crippen molar-refractivity contribution in [2.75, 3.05) is 19.8 Å². The maximum atomic E-state index is 6.04. The number of hydrogen-bond acceptors (Lipinski definition) is 3. The topological polar surface area (TPSA) is 30.5 Å². The molecule has 1 aromatic rings. The molecule has 2 atom stereocenters. The van der Waals surface area contributed by atoms with E-state index >= 15 is 0 Å². The molecule has 2 unspecified atom stereocenters. The Kier molecular flexibility index (Phi) is 3.76. The molecule has 1 aliphatic carbocycles. The van der Waals surface area contributed by atoms with Gasteiger partial charge in [-0.05, 0) is 37.5 Å². The van der Waals surface area contributed by atoms with E-state index in [-0.39, 0.29) is 5.54 Å². The lowest BCUT2D eigenvalue weighted by atomic mass is 9.73. The quantitative estimate of drug-likeness (QED) is 0.907. The van der Waals surface area contributed by atoms with E-state index in [4.69, 9.17) is 9.47 Å². The van der Waals surface area contributed by atoms with Crippen LogP contribution >= 0.6 is 0 Å². The summed E-state index contributed by atoms with van der Waals surface area (Å²) in [6.07, 6.45) is 5.18. The molecule has 0 aromatic heterocycles. The summed E-state index contributed by atoms with van der Waals surface area (Å²) in [5.41, 5.74) is 1.33. The SMILES string of the molecule is CCOc1cccc(C23CCCCC2OCCN3)c1. The molecule has 0 radical (unpaired) electrons. The van der Waals surface area contributed by atoms with E-state index in [2.05, 4.69) is 23.5 Å². The molecule has 1 heterocycles. The summed E-state index contributed by atoms with van der Waals surface area (Å²) in [7, 11) is 0. The van der Waals surface area contributed by atoms with E-state index < -0.39 is 0 Å². The van der Waals surface area contributed by atoms with Gasteiger partial charge in [-0.25, -0.2) is 0 Å². The average molecular weight is 261 g/mol. The first-order valence-corrected chi connectivity index (χ1v) is 7.45. The normalized spacial score (nSPS) is 30.7. The first kappa shape index (κ1) is 12.9. The molecule has 2 aliphatic rings. The van der Waals surface area contributed by atoms with Gasteiger partial charge in [0.15, 0.2) is 0 Å². The average Bonchev–Trinajstić information content (AvgIpc) is 2.48. The third kappa shape index (κ3) is 2.37. The lowest BCUT2D eigenvalue weighted by Gasteiger charge is -2.48. The summed E-state index contributed by atoms with van der Waals surface area (Å²) < 4.78 is 11.7. The number of nitrogens with one attached hydrogen (secondary N) is 1. The second-order valence-corrected chi connectivity index (χ2v) is 5.46. The zero-order chi connectivity index (χ0) is 13.1. The Hall–Kier alpha value is -1.06. The van der Waals surface area contributed by atoms with Crippen LogP contribution in [0.2, 0.25) is 0 Å². The van der Waals surface area contributed by atoms with Crippen molar-refractivity contribution in [2.45, 2.75) is 44.2 Å². The zero-order valence-electron chi connectivity index (χ0n) is 11.7. The molecule has 3 nitrogen and oxygen atoms in total. The van der Waals surface area contributed by atoms with E-state index in [0.717, 1.165) is 31.7 Å². The van der Waals surface area contributed by atoms with Crippen LogP contribution in [0.1, 0.15) is 38.2 Å². The largest absolute Gasteiger partial charge is 0.494 e. The number of benzene rings is 1. The molecule has 3 rings (SSSR count). The standard InChI is InChI=1S/C16H23NO2/c1-2-18-14-7-5-6-13(12-14)16-9-4-3-8-15(16)19-11-10-17-16/h5-7,12,15,17H,2-4,8-11H2,1H3. The summed E-state index contributed by atoms with van der Waals surface area (Å²) >= 11 is 0. The minimum Gasteiger partial charge on any atom is -0.494 e. The Bertz CT molecular complexity index is 421. The van der Waals surface area contributed by atoms with Gasteiger partial charge in [0, 0.05) is 6.54 Å². The van der Waals surface area contributed by atoms with Gasteiger partial charge in [0.05, 0.1) is 24.9 Å². The van der Waals surface area contributed by atoms with Crippen molar-refractivity contribution in [3.63, 3.8) is 0 Å². The molecule has 1 N–H and O–H groups in total. The number of hydrogen-bond donors (Lipinski definition) is 1. The highest BCUT2D eigenvalue weighted by Gasteiger charge is 2.44. The Morgan fingerprint density at radius 3 is 3.26 bits per heavy atom. The Labute approximate surface area is 115 Å². The summed E-state index contributed by atoms with van der Waals surface area (Å²) in [4.78, 5) is 0. The molecule has 0 spiro atoms. The number of rotatable bonds is 3. The molecule has 0 amide bonds. The second kappa shape index (κ2) is 5.51. The third-order valence-electron chi connectivity index (χ3n) is 4.36. The van der Waals surface area contributed by atoms with Crippen molar-refractivity contribution in [3.05, 3.63) is 29.8 Å². The monoisotopic (exact) mass is 261 g/mol. The fraction of sp³-hybridized carbons (Fsp3) is 0.625. The van der Waals surface area contributed by atoms with E-state index in [9.17, 15) is 0 Å². The number of ether oxygens (including phenoxy) is 2. The summed E-state index contributed by atoms with van der Waals surface area (Å²) in [6, 6.07) is 8.52. The lowest BCUT2D eigenvalue weighted by molar-refractivity contribution is -0.0757. The third-order valence-corrected chi connectivity index (χ3v) is 4.36. The predicted molar refractivity (Wildman–Crippen MR) is 75.5 cm³/mol. The van der Waals surface area contributed by atoms with Crippen molar-refractivity contribution in [1.82, 2.24) is 5.32 Å². The van der Waals surface area contributed by atoms with Crippen LogP contribution in [0.3, 0.4) is 0 Å². The lowest BCUT2D eigenvalue weighted by Crippen LogP contribution is -2.59. The van der Waals surface area contributed by atoms with Crippen molar-refractivity contribution < 1.29 is 9.47 Å². The van der Waals surface area contributed by atoms with Gasteiger partial charge >= 0.3 is 0 Å². The molecule has 2 fully saturated rings. The van der Waals surface area contributed by atoms with E-state index in [1.165, 1.54) is 18.4 Å². The first-order chi connectivity index (χ1) is 9.35. The van der Waals surface area contributed by atoms with Crippen LogP contribution in [0.25, 0.3) is 0 Å². The highest BCUT2D eigenvalue weighted by atomic mass is 16.5. The van der Waals surface area contributed by atoms with Crippen molar-refractivity contribution in [1.29, 1.82) is 0 Å². The number of morpholine rings is 1. The molecule has 3 heteroatoms. The fourth-order valence-corrected chi connectivity index (χ4v) is 3.51. The molecule has 1 saturated heterocycles. The van der Waals surface area contributed by atoms with E-state index in [1.807, 2.05) is 13.0 Å². The highest BCUT2D eigenvalue weighted by Crippen LogP contribution is 2.41. The van der Waals surface area contributed by atoms with Gasteiger partial charge in [0.1, 0.15) is 5.75 Å². The van der Waals surface area contributed by atoms with Gasteiger partial charge in [-0.1, -0.05) is 25.0 Å². The van der Waals surface area contributed by atoms with Crippen LogP contribution < -0.4 is 10.1 Å². The molecular formula is C16H23NO2. The van der Waals surface area contributed by atoms with Gasteiger partial charge in [0.2, 0.25) is 0 Å². The molecule has 19 heavy (non-hydrogen) atoms. The van der Waals surface area contributed by atoms with Crippen molar-refractivity contribution in [3.8, 4) is 5.75 Å². The predicted octanol–water partition coefficient (Wildman–Crippen LogP) is 2.84. The minimum absolute atomic E-state index is 0.00358. The molecule has 0 bridgehead atoms. The van der Waals surface area contributed by atoms with Crippen LogP contribution in [0.15, 0.2) is 24.3 Å². The first-order valence-electron chi connectivity index (χ1n) is 7.45.